The maximum atomic E-state index is 12.0. The molecule has 0 bridgehead atoms. The Morgan fingerprint density at radius 2 is 1.94 bits per heavy atom. The summed E-state index contributed by atoms with van der Waals surface area (Å²) in [6, 6.07) is -0.542. The van der Waals surface area contributed by atoms with E-state index in [0.29, 0.717) is 0 Å². The van der Waals surface area contributed by atoms with Gasteiger partial charge < -0.3 is 15.7 Å². The largest absolute Gasteiger partial charge is 0.386 e. The Hall–Kier alpha value is -0.750. The van der Waals surface area contributed by atoms with Gasteiger partial charge in [0.25, 0.3) is 6.43 Å². The smallest absolute Gasteiger partial charge is 0.265 e. The van der Waals surface area contributed by atoms with Crippen molar-refractivity contribution in [3.05, 3.63) is 0 Å². The molecule has 4 nitrogen and oxygen atoms in total. The Morgan fingerprint density at radius 3 is 2.38 bits per heavy atom. The molecule has 0 fully saturated rings. The summed E-state index contributed by atoms with van der Waals surface area (Å²) in [6.07, 6.45) is -3.73. The van der Waals surface area contributed by atoms with E-state index >= 15 is 0 Å². The van der Waals surface area contributed by atoms with Gasteiger partial charge in [0.05, 0.1) is 6.04 Å². The Labute approximate surface area is 94.4 Å². The van der Waals surface area contributed by atoms with E-state index in [9.17, 15) is 13.6 Å². The van der Waals surface area contributed by atoms with Crippen LogP contribution in [0.4, 0.5) is 8.78 Å². The maximum Gasteiger partial charge on any atom is 0.265 e. The van der Waals surface area contributed by atoms with Crippen LogP contribution in [0.5, 0.6) is 0 Å². The Balaban J connectivity index is 3.88. The highest BCUT2D eigenvalue weighted by molar-refractivity contribution is 5.81. The molecular formula is C10H20F2N2O2. The summed E-state index contributed by atoms with van der Waals surface area (Å²) < 4.78 is 23.9. The summed E-state index contributed by atoms with van der Waals surface area (Å²) in [4.78, 5) is 11.5. The summed E-state index contributed by atoms with van der Waals surface area (Å²) >= 11 is 0. The number of halogens is 2. The molecule has 1 amide bonds. The number of aliphatic hydroxyl groups excluding tert-OH is 1. The summed E-state index contributed by atoms with van der Waals surface area (Å²) in [5.41, 5.74) is 0. The molecule has 16 heavy (non-hydrogen) atoms. The van der Waals surface area contributed by atoms with Crippen LogP contribution in [0.25, 0.3) is 0 Å². The molecular weight excluding hydrogens is 218 g/mol. The van der Waals surface area contributed by atoms with Gasteiger partial charge in [-0.05, 0) is 20.3 Å². The van der Waals surface area contributed by atoms with E-state index in [0.717, 1.165) is 6.42 Å². The third-order valence-electron chi connectivity index (χ3n) is 2.32. The first-order chi connectivity index (χ1) is 7.38. The molecule has 6 heteroatoms. The SMILES string of the molecule is CCC(C)NC(=O)C(C)NCC(O)C(F)F. The quantitative estimate of drug-likeness (QED) is 0.605. The highest BCUT2D eigenvalue weighted by atomic mass is 19.3. The van der Waals surface area contributed by atoms with E-state index in [1.807, 2.05) is 13.8 Å². The van der Waals surface area contributed by atoms with Crippen LogP contribution in [0.2, 0.25) is 0 Å². The second kappa shape index (κ2) is 7.51. The molecule has 0 heterocycles. The molecule has 3 unspecified atom stereocenters. The molecule has 0 aromatic heterocycles. The topological polar surface area (TPSA) is 61.4 Å². The van der Waals surface area contributed by atoms with Gasteiger partial charge in [0.15, 0.2) is 0 Å². The molecule has 0 aromatic rings. The summed E-state index contributed by atoms with van der Waals surface area (Å²) in [5, 5.41) is 14.1. The lowest BCUT2D eigenvalue weighted by Gasteiger charge is -2.18. The molecule has 0 rings (SSSR count). The number of amides is 1. The molecule has 0 aromatic carbocycles. The van der Waals surface area contributed by atoms with Crippen LogP contribution in [0.1, 0.15) is 27.2 Å². The Morgan fingerprint density at radius 1 is 1.38 bits per heavy atom. The number of hydrogen-bond donors (Lipinski definition) is 3. The second-order valence-electron chi connectivity index (χ2n) is 3.85. The van der Waals surface area contributed by atoms with Crippen LogP contribution in [-0.2, 0) is 4.79 Å². The zero-order valence-electron chi connectivity index (χ0n) is 9.84. The van der Waals surface area contributed by atoms with E-state index < -0.39 is 18.6 Å². The van der Waals surface area contributed by atoms with E-state index in [1.54, 1.807) is 6.92 Å². The molecule has 0 spiro atoms. The normalized spacial score (nSPS) is 16.9. The number of nitrogens with one attached hydrogen (secondary N) is 2. The third kappa shape index (κ3) is 5.97. The molecule has 0 saturated heterocycles. The van der Waals surface area contributed by atoms with E-state index in [4.69, 9.17) is 5.11 Å². The van der Waals surface area contributed by atoms with Crippen LogP contribution >= 0.6 is 0 Å². The minimum Gasteiger partial charge on any atom is -0.386 e. The van der Waals surface area contributed by atoms with Crippen molar-refractivity contribution in [2.45, 2.75) is 51.8 Å². The van der Waals surface area contributed by atoms with Gasteiger partial charge in [0.1, 0.15) is 6.10 Å². The number of rotatable bonds is 7. The van der Waals surface area contributed by atoms with Crippen molar-refractivity contribution in [2.75, 3.05) is 6.54 Å². The Kier molecular flexibility index (Phi) is 7.16. The lowest BCUT2D eigenvalue weighted by molar-refractivity contribution is -0.123. The molecule has 96 valence electrons. The van der Waals surface area contributed by atoms with E-state index in [2.05, 4.69) is 10.6 Å². The monoisotopic (exact) mass is 238 g/mol. The van der Waals surface area contributed by atoms with Gasteiger partial charge in [-0.1, -0.05) is 6.92 Å². The number of carbonyl (C=O) groups is 1. The molecule has 3 atom stereocenters. The number of aliphatic hydroxyl groups is 1. The van der Waals surface area contributed by atoms with Gasteiger partial charge in [0, 0.05) is 12.6 Å². The average Bonchev–Trinajstić information content (AvgIpc) is 2.24. The second-order valence-corrected chi connectivity index (χ2v) is 3.85. The van der Waals surface area contributed by atoms with Crippen molar-refractivity contribution in [3.63, 3.8) is 0 Å². The van der Waals surface area contributed by atoms with Crippen LogP contribution in [0.15, 0.2) is 0 Å². The minimum absolute atomic E-state index is 0.0526. The van der Waals surface area contributed by atoms with Gasteiger partial charge in [-0.25, -0.2) is 8.78 Å². The fraction of sp³-hybridized carbons (Fsp3) is 0.900. The van der Waals surface area contributed by atoms with Gasteiger partial charge in [0.2, 0.25) is 5.91 Å². The van der Waals surface area contributed by atoms with Crippen molar-refractivity contribution in [1.82, 2.24) is 10.6 Å². The van der Waals surface area contributed by atoms with E-state index in [1.165, 1.54) is 0 Å². The van der Waals surface area contributed by atoms with Crippen molar-refractivity contribution in [2.24, 2.45) is 0 Å². The van der Waals surface area contributed by atoms with Crippen LogP contribution < -0.4 is 10.6 Å². The van der Waals surface area contributed by atoms with Crippen molar-refractivity contribution in [3.8, 4) is 0 Å². The minimum atomic E-state index is -2.79. The van der Waals surface area contributed by atoms with E-state index in [-0.39, 0.29) is 18.5 Å². The van der Waals surface area contributed by atoms with Gasteiger partial charge in [-0.2, -0.15) is 0 Å². The summed E-state index contributed by atoms with van der Waals surface area (Å²) in [6.45, 7) is 5.06. The fourth-order valence-electron chi connectivity index (χ4n) is 0.949. The molecule has 0 aliphatic carbocycles. The lowest BCUT2D eigenvalue weighted by Crippen LogP contribution is -2.48. The highest BCUT2D eigenvalue weighted by Crippen LogP contribution is 1.99. The molecule has 0 aliphatic heterocycles. The molecule has 0 saturated carbocycles. The highest BCUT2D eigenvalue weighted by Gasteiger charge is 2.20. The third-order valence-corrected chi connectivity index (χ3v) is 2.32. The zero-order valence-corrected chi connectivity index (χ0v) is 9.84. The van der Waals surface area contributed by atoms with Gasteiger partial charge in [-0.15, -0.1) is 0 Å². The molecule has 3 N–H and O–H groups in total. The van der Waals surface area contributed by atoms with Crippen molar-refractivity contribution in [1.29, 1.82) is 0 Å². The summed E-state index contributed by atoms with van der Waals surface area (Å²) in [5.74, 6) is -0.254. The molecule has 0 aliphatic rings. The predicted molar refractivity (Wildman–Crippen MR) is 57.4 cm³/mol. The molecule has 0 radical (unpaired) electrons. The first kappa shape index (κ1) is 15.2. The van der Waals surface area contributed by atoms with Crippen molar-refractivity contribution >= 4 is 5.91 Å². The summed E-state index contributed by atoms with van der Waals surface area (Å²) in [7, 11) is 0. The zero-order chi connectivity index (χ0) is 12.7. The Bertz CT molecular complexity index is 215. The predicted octanol–water partition coefficient (Wildman–Crippen LogP) is 0.505. The van der Waals surface area contributed by atoms with Crippen LogP contribution in [-0.4, -0.2) is 42.2 Å². The van der Waals surface area contributed by atoms with Crippen LogP contribution in [0, 0.1) is 0 Å². The number of hydrogen-bond acceptors (Lipinski definition) is 3. The van der Waals surface area contributed by atoms with Gasteiger partial charge >= 0.3 is 0 Å². The van der Waals surface area contributed by atoms with Crippen molar-refractivity contribution < 1.29 is 18.7 Å². The average molecular weight is 238 g/mol. The maximum absolute atomic E-state index is 12.0. The number of carbonyl (C=O) groups excluding carboxylic acids is 1. The van der Waals surface area contributed by atoms with Gasteiger partial charge in [-0.3, -0.25) is 4.79 Å². The lowest BCUT2D eigenvalue weighted by atomic mass is 10.2. The first-order valence-corrected chi connectivity index (χ1v) is 5.38. The van der Waals surface area contributed by atoms with Crippen LogP contribution in [0.3, 0.4) is 0 Å². The number of alkyl halides is 2. The fourth-order valence-corrected chi connectivity index (χ4v) is 0.949. The standard InChI is InChI=1S/C10H20F2N2O2/c1-4-6(2)14-10(16)7(3)13-5-8(15)9(11)12/h6-9,13,15H,4-5H2,1-3H3,(H,14,16). The first-order valence-electron chi connectivity index (χ1n) is 5.38.